The Morgan fingerprint density at radius 2 is 2.25 bits per heavy atom. The predicted molar refractivity (Wildman–Crippen MR) is 60.0 cm³/mol. The van der Waals surface area contributed by atoms with Gasteiger partial charge in [-0.3, -0.25) is 4.79 Å². The molecule has 0 spiro atoms. The largest absolute Gasteiger partial charge is 0.493 e. The summed E-state index contributed by atoms with van der Waals surface area (Å²) >= 11 is 5.21. The highest BCUT2D eigenvalue weighted by molar-refractivity contribution is 6.09. The molecule has 0 atom stereocenters. The summed E-state index contributed by atoms with van der Waals surface area (Å²) < 4.78 is 9.97. The fraction of sp³-hybridized carbons (Fsp3) is 0.364. The number of ether oxygens (including phenoxy) is 1. The molecule has 0 amide bonds. The minimum atomic E-state index is -0.814. The quantitative estimate of drug-likeness (QED) is 0.782. The number of rotatable bonds is 6. The number of carboxylic acid groups (broad SMARTS) is 1. The Morgan fingerprint density at radius 3 is 2.81 bits per heavy atom. The van der Waals surface area contributed by atoms with Gasteiger partial charge in [0.05, 0.1) is 6.61 Å². The van der Waals surface area contributed by atoms with Crippen LogP contribution in [0.2, 0.25) is 0 Å². The van der Waals surface area contributed by atoms with E-state index in [1.165, 1.54) is 0 Å². The van der Waals surface area contributed by atoms with Crippen LogP contribution in [0.25, 0.3) is 0 Å². The number of halogens is 1. The zero-order chi connectivity index (χ0) is 12.0. The highest BCUT2D eigenvalue weighted by Gasteiger charge is 2.03. The minimum Gasteiger partial charge on any atom is -0.493 e. The summed E-state index contributed by atoms with van der Waals surface area (Å²) in [6.07, 6.45) is 0.602. The van der Waals surface area contributed by atoms with Crippen molar-refractivity contribution in [1.82, 2.24) is 0 Å². The van der Waals surface area contributed by atoms with Gasteiger partial charge >= 0.3 is 5.97 Å². The van der Waals surface area contributed by atoms with E-state index in [2.05, 4.69) is 4.29 Å². The molecule has 0 bridgehead atoms. The van der Waals surface area contributed by atoms with E-state index in [1.54, 1.807) is 18.2 Å². The molecule has 0 saturated heterocycles. The monoisotopic (exact) mass is 244 g/mol. The summed E-state index contributed by atoms with van der Waals surface area (Å²) in [6.45, 7) is 2.25. The Balaban J connectivity index is 2.45. The molecule has 0 saturated carbocycles. The van der Waals surface area contributed by atoms with E-state index >= 15 is 0 Å². The summed E-state index contributed by atoms with van der Waals surface area (Å²) in [6, 6.07) is 5.18. The Hall–Kier alpha value is -1.42. The van der Waals surface area contributed by atoms with Crippen molar-refractivity contribution in [2.75, 3.05) is 6.61 Å². The molecule has 4 nitrogen and oxygen atoms in total. The maximum absolute atomic E-state index is 10.3. The second kappa shape index (κ2) is 6.23. The molecule has 0 fully saturated rings. The first-order valence-corrected chi connectivity index (χ1v) is 5.18. The first kappa shape index (κ1) is 12.6. The van der Waals surface area contributed by atoms with Crippen LogP contribution in [-0.4, -0.2) is 17.7 Å². The van der Waals surface area contributed by atoms with Crippen LogP contribution < -0.4 is 9.03 Å². The predicted octanol–water partition coefficient (Wildman–Crippen LogP) is 2.77. The summed E-state index contributed by atoms with van der Waals surface area (Å²) in [7, 11) is 0. The van der Waals surface area contributed by atoms with Crippen LogP contribution >= 0.6 is 11.9 Å². The number of aliphatic carboxylic acids is 1. The van der Waals surface area contributed by atoms with E-state index in [0.29, 0.717) is 24.5 Å². The fourth-order valence-corrected chi connectivity index (χ4v) is 1.33. The Morgan fingerprint density at radius 1 is 1.50 bits per heavy atom. The van der Waals surface area contributed by atoms with Gasteiger partial charge in [0.2, 0.25) is 0 Å². The van der Waals surface area contributed by atoms with Crippen molar-refractivity contribution in [3.05, 3.63) is 23.8 Å². The van der Waals surface area contributed by atoms with Gasteiger partial charge in [-0.25, -0.2) is 0 Å². The number of hydrogen-bond donors (Lipinski definition) is 1. The molecule has 1 aromatic carbocycles. The maximum Gasteiger partial charge on any atom is 0.303 e. The van der Waals surface area contributed by atoms with E-state index in [-0.39, 0.29) is 6.42 Å². The molecule has 0 aromatic heterocycles. The van der Waals surface area contributed by atoms with Crippen molar-refractivity contribution in [3.8, 4) is 11.5 Å². The molecular formula is C11H13ClO4. The molecule has 0 aliphatic heterocycles. The molecule has 0 radical (unpaired) electrons. The van der Waals surface area contributed by atoms with Crippen LogP contribution in [0.5, 0.6) is 11.5 Å². The average Bonchev–Trinajstić information content (AvgIpc) is 2.25. The molecule has 16 heavy (non-hydrogen) atoms. The van der Waals surface area contributed by atoms with Crippen molar-refractivity contribution < 1.29 is 18.9 Å². The molecule has 0 heterocycles. The van der Waals surface area contributed by atoms with Crippen molar-refractivity contribution >= 4 is 17.8 Å². The van der Waals surface area contributed by atoms with Crippen LogP contribution in [0.3, 0.4) is 0 Å². The van der Waals surface area contributed by atoms with Gasteiger partial charge in [-0.1, -0.05) is 0 Å². The lowest BCUT2D eigenvalue weighted by atomic mass is 10.2. The van der Waals surface area contributed by atoms with E-state index in [9.17, 15) is 4.79 Å². The molecule has 1 rings (SSSR count). The SMILES string of the molecule is Cc1cc(OCl)ccc1OCCCC(=O)O. The van der Waals surface area contributed by atoms with Gasteiger partial charge in [0.1, 0.15) is 23.4 Å². The van der Waals surface area contributed by atoms with Gasteiger partial charge in [0.15, 0.2) is 0 Å². The second-order valence-electron chi connectivity index (χ2n) is 3.35. The average molecular weight is 245 g/mol. The van der Waals surface area contributed by atoms with Gasteiger partial charge in [-0.05, 0) is 37.1 Å². The van der Waals surface area contributed by atoms with E-state index in [4.69, 9.17) is 21.7 Å². The van der Waals surface area contributed by atoms with Crippen molar-refractivity contribution in [2.45, 2.75) is 19.8 Å². The maximum atomic E-state index is 10.3. The van der Waals surface area contributed by atoms with Crippen LogP contribution in [0.4, 0.5) is 0 Å². The molecule has 1 N–H and O–H groups in total. The third kappa shape index (κ3) is 3.98. The van der Waals surface area contributed by atoms with Crippen LogP contribution in [0.15, 0.2) is 18.2 Å². The zero-order valence-electron chi connectivity index (χ0n) is 8.90. The van der Waals surface area contributed by atoms with Gasteiger partial charge < -0.3 is 14.1 Å². The second-order valence-corrected chi connectivity index (χ2v) is 3.50. The van der Waals surface area contributed by atoms with Crippen LogP contribution in [-0.2, 0) is 4.79 Å². The van der Waals surface area contributed by atoms with Crippen molar-refractivity contribution in [2.24, 2.45) is 0 Å². The Bertz CT molecular complexity index is 365. The summed E-state index contributed by atoms with van der Waals surface area (Å²) in [5.74, 6) is 0.450. The molecule has 0 aliphatic carbocycles. The molecule has 88 valence electrons. The third-order valence-electron chi connectivity index (χ3n) is 2.03. The molecule has 5 heteroatoms. The van der Waals surface area contributed by atoms with Gasteiger partial charge in [-0.15, -0.1) is 0 Å². The molecule has 0 unspecified atom stereocenters. The van der Waals surface area contributed by atoms with E-state index in [1.807, 2.05) is 6.92 Å². The third-order valence-corrected chi connectivity index (χ3v) is 2.21. The highest BCUT2D eigenvalue weighted by atomic mass is 35.5. The van der Waals surface area contributed by atoms with Crippen molar-refractivity contribution in [3.63, 3.8) is 0 Å². The van der Waals surface area contributed by atoms with E-state index in [0.717, 1.165) is 5.56 Å². The fourth-order valence-electron chi connectivity index (χ4n) is 1.24. The van der Waals surface area contributed by atoms with Gasteiger partial charge in [0.25, 0.3) is 0 Å². The molecular weight excluding hydrogens is 232 g/mol. The van der Waals surface area contributed by atoms with Gasteiger partial charge in [0, 0.05) is 6.42 Å². The normalized spacial score (nSPS) is 9.88. The lowest BCUT2D eigenvalue weighted by molar-refractivity contribution is -0.137. The number of carbonyl (C=O) groups is 1. The van der Waals surface area contributed by atoms with Crippen LogP contribution in [0.1, 0.15) is 18.4 Å². The number of benzene rings is 1. The topological polar surface area (TPSA) is 55.8 Å². The first-order valence-electron chi connectivity index (χ1n) is 4.87. The smallest absolute Gasteiger partial charge is 0.303 e. The number of carboxylic acids is 1. The van der Waals surface area contributed by atoms with E-state index < -0.39 is 5.97 Å². The Kier molecular flexibility index (Phi) is 4.92. The lowest BCUT2D eigenvalue weighted by Gasteiger charge is -2.08. The van der Waals surface area contributed by atoms with Gasteiger partial charge in [-0.2, -0.15) is 0 Å². The number of aryl methyl sites for hydroxylation is 1. The Labute approximate surface area is 98.9 Å². The lowest BCUT2D eigenvalue weighted by Crippen LogP contribution is -2.02. The highest BCUT2D eigenvalue weighted by Crippen LogP contribution is 2.24. The molecule has 0 aliphatic rings. The number of hydrogen-bond acceptors (Lipinski definition) is 3. The summed E-state index contributed by atoms with van der Waals surface area (Å²) in [5, 5.41) is 8.45. The first-order chi connectivity index (χ1) is 7.63. The molecule has 1 aromatic rings. The summed E-state index contributed by atoms with van der Waals surface area (Å²) in [5.41, 5.74) is 0.897. The van der Waals surface area contributed by atoms with Crippen molar-refractivity contribution in [1.29, 1.82) is 0 Å². The van der Waals surface area contributed by atoms with Crippen LogP contribution in [0, 0.1) is 6.92 Å². The zero-order valence-corrected chi connectivity index (χ0v) is 9.66. The summed E-state index contributed by atoms with van der Waals surface area (Å²) in [4.78, 5) is 10.3. The standard InChI is InChI=1S/C11H13ClO4/c1-8-7-9(16-12)4-5-10(8)15-6-2-3-11(13)14/h4-5,7H,2-3,6H2,1H3,(H,13,14). The minimum absolute atomic E-state index is 0.113.